The molecule has 3 N–H and O–H groups in total. The maximum absolute atomic E-state index is 6.07. The number of unbranched alkanes of at least 4 members (excludes halogenated alkanes) is 3. The number of nitrogen functional groups attached to an aromatic ring is 1. The molecule has 126 valence electrons. The lowest BCUT2D eigenvalue weighted by Crippen LogP contribution is -2.17. The van der Waals surface area contributed by atoms with Gasteiger partial charge in [0.05, 0.1) is 12.3 Å². The van der Waals surface area contributed by atoms with Gasteiger partial charge in [-0.2, -0.15) is 0 Å². The second-order valence-electron chi connectivity index (χ2n) is 6.49. The molecule has 1 rings (SSSR count). The Labute approximate surface area is 136 Å². The Morgan fingerprint density at radius 3 is 2.55 bits per heavy atom. The molecule has 0 unspecified atom stereocenters. The number of benzene rings is 1. The Bertz CT molecular complexity index is 404. The van der Waals surface area contributed by atoms with Crippen molar-refractivity contribution in [3.63, 3.8) is 0 Å². The predicted octanol–water partition coefficient (Wildman–Crippen LogP) is 4.41. The van der Waals surface area contributed by atoms with Gasteiger partial charge in [-0.3, -0.25) is 0 Å². The monoisotopic (exact) mass is 306 g/mol. The van der Waals surface area contributed by atoms with Crippen LogP contribution < -0.4 is 15.8 Å². The number of hydrogen-bond acceptors (Lipinski definition) is 3. The number of ether oxygens (including phenoxy) is 1. The second kappa shape index (κ2) is 11.4. The van der Waals surface area contributed by atoms with Crippen LogP contribution in [0.1, 0.15) is 58.4 Å². The lowest BCUT2D eigenvalue weighted by molar-refractivity contribution is 0.272. The summed E-state index contributed by atoms with van der Waals surface area (Å²) in [6.45, 7) is 9.46. The Hall–Kier alpha value is -1.22. The molecule has 3 nitrogen and oxygen atoms in total. The third-order valence-electron chi connectivity index (χ3n) is 3.67. The topological polar surface area (TPSA) is 47.3 Å². The molecule has 0 aliphatic rings. The molecule has 22 heavy (non-hydrogen) atoms. The van der Waals surface area contributed by atoms with E-state index in [1.165, 1.54) is 31.2 Å². The van der Waals surface area contributed by atoms with Gasteiger partial charge in [0.25, 0.3) is 0 Å². The molecule has 1 aromatic carbocycles. The van der Waals surface area contributed by atoms with Crippen molar-refractivity contribution in [3.05, 3.63) is 23.8 Å². The average molecular weight is 306 g/mol. The molecule has 0 heterocycles. The van der Waals surface area contributed by atoms with E-state index >= 15 is 0 Å². The van der Waals surface area contributed by atoms with Crippen molar-refractivity contribution < 1.29 is 4.74 Å². The number of nitrogens with one attached hydrogen (secondary N) is 1. The minimum Gasteiger partial charge on any atom is -0.491 e. The minimum atomic E-state index is 0.516. The fourth-order valence-electron chi connectivity index (χ4n) is 2.36. The molecule has 0 amide bonds. The molecule has 0 bridgehead atoms. The number of hydrogen-bond donors (Lipinski definition) is 2. The van der Waals surface area contributed by atoms with E-state index in [-0.39, 0.29) is 0 Å². The van der Waals surface area contributed by atoms with Gasteiger partial charge in [0.15, 0.2) is 0 Å². The second-order valence-corrected chi connectivity index (χ2v) is 6.49. The fourth-order valence-corrected chi connectivity index (χ4v) is 2.36. The molecule has 1 aromatic rings. The summed E-state index contributed by atoms with van der Waals surface area (Å²) in [6, 6.07) is 6.19. The zero-order chi connectivity index (χ0) is 16.2. The highest BCUT2D eigenvalue weighted by molar-refractivity contribution is 5.54. The van der Waals surface area contributed by atoms with Crippen LogP contribution in [0.4, 0.5) is 5.69 Å². The van der Waals surface area contributed by atoms with E-state index in [0.717, 1.165) is 37.4 Å². The van der Waals surface area contributed by atoms with Crippen molar-refractivity contribution in [2.24, 2.45) is 5.92 Å². The van der Waals surface area contributed by atoms with Crippen molar-refractivity contribution >= 4 is 5.69 Å². The Morgan fingerprint density at radius 2 is 1.86 bits per heavy atom. The van der Waals surface area contributed by atoms with Crippen LogP contribution in [0.5, 0.6) is 5.75 Å². The first-order chi connectivity index (χ1) is 10.6. The van der Waals surface area contributed by atoms with E-state index in [4.69, 9.17) is 10.5 Å². The molecular weight excluding hydrogens is 272 g/mol. The van der Waals surface area contributed by atoms with Crippen molar-refractivity contribution in [3.8, 4) is 5.75 Å². The summed E-state index contributed by atoms with van der Waals surface area (Å²) in [5.41, 5.74) is 8.11. The van der Waals surface area contributed by atoms with Gasteiger partial charge in [-0.15, -0.1) is 0 Å². The highest BCUT2D eigenvalue weighted by atomic mass is 16.5. The van der Waals surface area contributed by atoms with E-state index in [1.54, 1.807) is 0 Å². The molecule has 0 aliphatic heterocycles. The van der Waals surface area contributed by atoms with E-state index in [2.05, 4.69) is 38.2 Å². The summed E-state index contributed by atoms with van der Waals surface area (Å²) >= 11 is 0. The average Bonchev–Trinajstić information content (AvgIpc) is 2.49. The molecule has 0 radical (unpaired) electrons. The maximum atomic E-state index is 6.07. The van der Waals surface area contributed by atoms with E-state index in [0.29, 0.717) is 12.5 Å². The van der Waals surface area contributed by atoms with Crippen molar-refractivity contribution in [1.29, 1.82) is 0 Å². The lowest BCUT2D eigenvalue weighted by atomic mass is 10.1. The quantitative estimate of drug-likeness (QED) is 0.444. The Balaban J connectivity index is 2.19. The summed E-state index contributed by atoms with van der Waals surface area (Å²) < 4.78 is 5.71. The van der Waals surface area contributed by atoms with Gasteiger partial charge in [-0.1, -0.05) is 46.1 Å². The summed E-state index contributed by atoms with van der Waals surface area (Å²) in [5.74, 6) is 1.33. The van der Waals surface area contributed by atoms with Crippen LogP contribution in [0, 0.1) is 5.92 Å². The SMILES string of the molecule is CCCCCCNCCCc1ccc(OCC(C)C)c(N)c1. The van der Waals surface area contributed by atoms with Gasteiger partial charge in [0.2, 0.25) is 0 Å². The zero-order valence-electron chi connectivity index (χ0n) is 14.7. The fraction of sp³-hybridized carbons (Fsp3) is 0.684. The number of anilines is 1. The molecule has 0 saturated carbocycles. The van der Waals surface area contributed by atoms with E-state index < -0.39 is 0 Å². The highest BCUT2D eigenvalue weighted by Gasteiger charge is 2.03. The van der Waals surface area contributed by atoms with Gasteiger partial charge >= 0.3 is 0 Å². The number of rotatable bonds is 12. The predicted molar refractivity (Wildman–Crippen MR) is 96.5 cm³/mol. The summed E-state index contributed by atoms with van der Waals surface area (Å²) in [5, 5.41) is 3.52. The number of nitrogens with two attached hydrogens (primary N) is 1. The molecule has 0 aromatic heterocycles. The van der Waals surface area contributed by atoms with Crippen LogP contribution in [0.2, 0.25) is 0 Å². The van der Waals surface area contributed by atoms with Crippen molar-refractivity contribution in [2.75, 3.05) is 25.4 Å². The van der Waals surface area contributed by atoms with Crippen LogP contribution in [-0.2, 0) is 6.42 Å². The molecule has 0 fully saturated rings. The highest BCUT2D eigenvalue weighted by Crippen LogP contribution is 2.23. The summed E-state index contributed by atoms with van der Waals surface area (Å²) in [4.78, 5) is 0. The van der Waals surface area contributed by atoms with Crippen LogP contribution in [0.3, 0.4) is 0 Å². The summed E-state index contributed by atoms with van der Waals surface area (Å²) in [6.07, 6.45) is 7.51. The van der Waals surface area contributed by atoms with Crippen LogP contribution in [0.15, 0.2) is 18.2 Å². The van der Waals surface area contributed by atoms with Gasteiger partial charge in [0.1, 0.15) is 5.75 Å². The third-order valence-corrected chi connectivity index (χ3v) is 3.67. The summed E-state index contributed by atoms with van der Waals surface area (Å²) in [7, 11) is 0. The smallest absolute Gasteiger partial charge is 0.142 e. The third kappa shape index (κ3) is 8.28. The van der Waals surface area contributed by atoms with Crippen molar-refractivity contribution in [2.45, 2.75) is 59.3 Å². The molecule has 0 atom stereocenters. The standard InChI is InChI=1S/C19H34N2O/c1-4-5-6-7-12-21-13-8-9-17-10-11-19(18(20)14-17)22-15-16(2)3/h10-11,14,16,21H,4-9,12-13,15,20H2,1-3H3. The maximum Gasteiger partial charge on any atom is 0.142 e. The molecular formula is C19H34N2O. The first-order valence-electron chi connectivity index (χ1n) is 8.85. The Morgan fingerprint density at radius 1 is 1.09 bits per heavy atom. The Kier molecular flexibility index (Phi) is 9.72. The first-order valence-corrected chi connectivity index (χ1v) is 8.85. The van der Waals surface area contributed by atoms with E-state index in [9.17, 15) is 0 Å². The molecule has 0 spiro atoms. The molecule has 0 saturated heterocycles. The largest absolute Gasteiger partial charge is 0.491 e. The number of aryl methyl sites for hydroxylation is 1. The van der Waals surface area contributed by atoms with Gasteiger partial charge in [-0.05, 0) is 56.0 Å². The van der Waals surface area contributed by atoms with Crippen LogP contribution in [0.25, 0.3) is 0 Å². The molecule has 3 heteroatoms. The van der Waals surface area contributed by atoms with E-state index in [1.807, 2.05) is 6.07 Å². The first kappa shape index (κ1) is 18.8. The lowest BCUT2D eigenvalue weighted by Gasteiger charge is -2.12. The van der Waals surface area contributed by atoms with Crippen LogP contribution >= 0.6 is 0 Å². The molecule has 0 aliphatic carbocycles. The van der Waals surface area contributed by atoms with Gasteiger partial charge in [-0.25, -0.2) is 0 Å². The van der Waals surface area contributed by atoms with Gasteiger partial charge < -0.3 is 15.8 Å². The zero-order valence-corrected chi connectivity index (χ0v) is 14.7. The normalized spacial score (nSPS) is 11.1. The van der Waals surface area contributed by atoms with Crippen LogP contribution in [-0.4, -0.2) is 19.7 Å². The minimum absolute atomic E-state index is 0.516. The van der Waals surface area contributed by atoms with Crippen molar-refractivity contribution in [1.82, 2.24) is 5.32 Å². The van der Waals surface area contributed by atoms with Gasteiger partial charge in [0, 0.05) is 0 Å².